The van der Waals surface area contributed by atoms with Gasteiger partial charge in [-0.05, 0) is 44.1 Å². The Morgan fingerprint density at radius 2 is 1.94 bits per heavy atom. The fourth-order valence-corrected chi connectivity index (χ4v) is 3.75. The maximum absolute atomic E-state index is 12.2. The molecule has 0 aromatic heterocycles. The first kappa shape index (κ1) is 14.8. The van der Waals surface area contributed by atoms with Crippen LogP contribution in [0.1, 0.15) is 24.8 Å². The summed E-state index contributed by atoms with van der Waals surface area (Å²) in [6.07, 6.45) is 1.15. The molecule has 17 heavy (non-hydrogen) atoms. The lowest BCUT2D eigenvalue weighted by molar-refractivity contribution is 0.588. The van der Waals surface area contributed by atoms with Gasteiger partial charge in [-0.3, -0.25) is 0 Å². The fraction of sp³-hybridized carbons (Fsp3) is 0.538. The van der Waals surface area contributed by atoms with E-state index in [0.29, 0.717) is 11.8 Å². The minimum absolute atomic E-state index is 0. The van der Waals surface area contributed by atoms with Gasteiger partial charge in [-0.1, -0.05) is 24.3 Å². The van der Waals surface area contributed by atoms with Crippen LogP contribution in [0.25, 0.3) is 0 Å². The molecule has 3 unspecified atom stereocenters. The smallest absolute Gasteiger partial charge is 0.110 e. The normalized spacial score (nSPS) is 24.9. The van der Waals surface area contributed by atoms with Crippen LogP contribution >= 0.6 is 19.5 Å². The van der Waals surface area contributed by atoms with Gasteiger partial charge in [0.05, 0.1) is 0 Å². The van der Waals surface area contributed by atoms with Crippen molar-refractivity contribution in [2.75, 3.05) is 13.3 Å². The van der Waals surface area contributed by atoms with Crippen molar-refractivity contribution in [3.05, 3.63) is 29.8 Å². The molecule has 3 atom stereocenters. The Balaban J connectivity index is 0.00000144. The van der Waals surface area contributed by atoms with E-state index in [4.69, 9.17) is 5.73 Å². The molecule has 4 heteroatoms. The van der Waals surface area contributed by atoms with Gasteiger partial charge in [0.2, 0.25) is 0 Å². The molecule has 0 spiro atoms. The summed E-state index contributed by atoms with van der Waals surface area (Å²) >= 11 is 0. The summed E-state index contributed by atoms with van der Waals surface area (Å²) in [5, 5.41) is 1.04. The van der Waals surface area contributed by atoms with E-state index in [1.54, 1.807) is 0 Å². The van der Waals surface area contributed by atoms with E-state index >= 15 is 0 Å². The van der Waals surface area contributed by atoms with E-state index in [-0.39, 0.29) is 18.4 Å². The maximum Gasteiger partial charge on any atom is 0.110 e. The topological polar surface area (TPSA) is 43.1 Å². The van der Waals surface area contributed by atoms with Gasteiger partial charge in [-0.25, -0.2) is 0 Å². The number of benzene rings is 1. The minimum atomic E-state index is -2.17. The van der Waals surface area contributed by atoms with Gasteiger partial charge >= 0.3 is 0 Å². The number of rotatable bonds is 3. The Bertz CT molecular complexity index is 441. The van der Waals surface area contributed by atoms with Gasteiger partial charge in [0, 0.05) is 11.3 Å². The standard InChI is InChI=1S/C13H20NOP.ClH/c1-9(14)11-8-12(11)10-6-4-5-7-13(10)16(2,3)15;/h4-7,9,11-12H,8,14H2,1-3H3;1H. The highest BCUT2D eigenvalue weighted by atomic mass is 35.5. The zero-order valence-corrected chi connectivity index (χ0v) is 12.3. The highest BCUT2D eigenvalue weighted by molar-refractivity contribution is 7.70. The Kier molecular flexibility index (Phi) is 4.46. The van der Waals surface area contributed by atoms with E-state index < -0.39 is 7.14 Å². The molecule has 1 aromatic rings. The van der Waals surface area contributed by atoms with Gasteiger partial charge in [-0.15, -0.1) is 12.4 Å². The summed E-state index contributed by atoms with van der Waals surface area (Å²) in [7, 11) is -2.17. The van der Waals surface area contributed by atoms with Crippen LogP contribution < -0.4 is 11.0 Å². The lowest BCUT2D eigenvalue weighted by Gasteiger charge is -2.13. The molecule has 1 aromatic carbocycles. The predicted octanol–water partition coefficient (Wildman–Crippen LogP) is 2.81. The molecule has 1 aliphatic rings. The minimum Gasteiger partial charge on any atom is -0.328 e. The summed E-state index contributed by atoms with van der Waals surface area (Å²) in [5.74, 6) is 1.11. The molecule has 96 valence electrons. The number of hydrogen-bond donors (Lipinski definition) is 1. The lowest BCUT2D eigenvalue weighted by Crippen LogP contribution is -2.19. The molecule has 0 amide bonds. The number of nitrogens with two attached hydrogens (primary N) is 1. The van der Waals surface area contributed by atoms with Crippen molar-refractivity contribution < 1.29 is 4.57 Å². The lowest BCUT2D eigenvalue weighted by atomic mass is 10.1. The van der Waals surface area contributed by atoms with Gasteiger partial charge < -0.3 is 10.3 Å². The number of hydrogen-bond acceptors (Lipinski definition) is 2. The molecule has 0 radical (unpaired) electrons. The van der Waals surface area contributed by atoms with E-state index in [9.17, 15) is 4.57 Å². The van der Waals surface area contributed by atoms with Crippen LogP contribution in [0.3, 0.4) is 0 Å². The molecule has 0 aliphatic heterocycles. The van der Waals surface area contributed by atoms with Gasteiger partial charge in [-0.2, -0.15) is 0 Å². The van der Waals surface area contributed by atoms with E-state index in [2.05, 4.69) is 13.0 Å². The molecular formula is C13H21ClNOP. The molecule has 1 aliphatic carbocycles. The zero-order chi connectivity index (χ0) is 11.9. The maximum atomic E-state index is 12.2. The van der Waals surface area contributed by atoms with E-state index in [1.165, 1.54) is 5.56 Å². The third-order valence-corrected chi connectivity index (χ3v) is 5.00. The Labute approximate surface area is 110 Å². The molecule has 2 N–H and O–H groups in total. The van der Waals surface area contributed by atoms with Crippen LogP contribution in [-0.2, 0) is 4.57 Å². The molecule has 1 fully saturated rings. The van der Waals surface area contributed by atoms with E-state index in [1.807, 2.05) is 31.5 Å². The number of halogens is 1. The van der Waals surface area contributed by atoms with Crippen LogP contribution in [-0.4, -0.2) is 19.4 Å². The second-order valence-electron chi connectivity index (χ2n) is 5.27. The van der Waals surface area contributed by atoms with Crippen molar-refractivity contribution in [2.45, 2.75) is 25.3 Å². The van der Waals surface area contributed by atoms with Crippen LogP contribution in [0.2, 0.25) is 0 Å². The zero-order valence-electron chi connectivity index (χ0n) is 10.6. The van der Waals surface area contributed by atoms with E-state index in [0.717, 1.165) is 11.7 Å². The SMILES string of the molecule is CC(N)C1CC1c1ccccc1P(C)(C)=O.Cl. The summed E-state index contributed by atoms with van der Waals surface area (Å²) in [5.41, 5.74) is 7.18. The van der Waals surface area contributed by atoms with Crippen molar-refractivity contribution in [2.24, 2.45) is 11.7 Å². The monoisotopic (exact) mass is 273 g/mol. The third kappa shape index (κ3) is 3.13. The van der Waals surface area contributed by atoms with Crippen molar-refractivity contribution in [3.63, 3.8) is 0 Å². The highest BCUT2D eigenvalue weighted by Crippen LogP contribution is 2.51. The first-order valence-corrected chi connectivity index (χ1v) is 8.41. The summed E-state index contributed by atoms with van der Waals surface area (Å²) in [6.45, 7) is 5.74. The second-order valence-corrected chi connectivity index (χ2v) is 8.46. The van der Waals surface area contributed by atoms with Crippen molar-refractivity contribution >= 4 is 24.9 Å². The van der Waals surface area contributed by atoms with Crippen LogP contribution in [0.5, 0.6) is 0 Å². The fourth-order valence-electron chi connectivity index (χ4n) is 2.44. The molecule has 1 saturated carbocycles. The Morgan fingerprint density at radius 1 is 1.35 bits per heavy atom. The van der Waals surface area contributed by atoms with Gasteiger partial charge in [0.1, 0.15) is 7.14 Å². The molecule has 0 bridgehead atoms. The van der Waals surface area contributed by atoms with Gasteiger partial charge in [0.15, 0.2) is 0 Å². The van der Waals surface area contributed by atoms with Crippen molar-refractivity contribution in [1.82, 2.24) is 0 Å². The van der Waals surface area contributed by atoms with Crippen molar-refractivity contribution in [1.29, 1.82) is 0 Å². The highest BCUT2D eigenvalue weighted by Gasteiger charge is 2.42. The van der Waals surface area contributed by atoms with Crippen LogP contribution in [0, 0.1) is 5.92 Å². The quantitative estimate of drug-likeness (QED) is 0.861. The molecular weight excluding hydrogens is 253 g/mol. The first-order chi connectivity index (χ1) is 7.41. The average Bonchev–Trinajstić information content (AvgIpc) is 2.95. The van der Waals surface area contributed by atoms with Crippen molar-refractivity contribution in [3.8, 4) is 0 Å². The molecule has 0 heterocycles. The van der Waals surface area contributed by atoms with Crippen LogP contribution in [0.15, 0.2) is 24.3 Å². The molecule has 2 nitrogen and oxygen atoms in total. The molecule has 2 rings (SSSR count). The summed E-state index contributed by atoms with van der Waals surface area (Å²) in [6, 6.07) is 8.37. The Morgan fingerprint density at radius 3 is 2.41 bits per heavy atom. The van der Waals surface area contributed by atoms with Gasteiger partial charge in [0.25, 0.3) is 0 Å². The summed E-state index contributed by atoms with van der Waals surface area (Å²) in [4.78, 5) is 0. The Hall–Kier alpha value is -0.300. The van der Waals surface area contributed by atoms with Crippen LogP contribution in [0.4, 0.5) is 0 Å². The summed E-state index contributed by atoms with van der Waals surface area (Å²) < 4.78 is 12.2. The largest absolute Gasteiger partial charge is 0.328 e. The first-order valence-electron chi connectivity index (χ1n) is 5.81. The second kappa shape index (κ2) is 5.14. The predicted molar refractivity (Wildman–Crippen MR) is 77.3 cm³/mol. The third-order valence-electron chi connectivity index (χ3n) is 3.43. The average molecular weight is 274 g/mol. The molecule has 0 saturated heterocycles.